The minimum absolute atomic E-state index is 0.0526. The molecular formula is C32H36ClN7O3. The number of hydrogen-bond donors (Lipinski definition) is 2. The molecule has 1 saturated heterocycles. The quantitative estimate of drug-likeness (QED) is 0.360. The summed E-state index contributed by atoms with van der Waals surface area (Å²) in [6, 6.07) is 16.2. The molecular weight excluding hydrogens is 566 g/mol. The Morgan fingerprint density at radius 3 is 2.67 bits per heavy atom. The Hall–Kier alpha value is -4.18. The molecule has 2 aromatic carbocycles. The van der Waals surface area contributed by atoms with Crippen LogP contribution in [0, 0.1) is 6.92 Å². The van der Waals surface area contributed by atoms with Crippen LogP contribution in [0.5, 0.6) is 0 Å². The largest absolute Gasteiger partial charge is 0.351 e. The molecule has 2 N–H and O–H groups in total. The van der Waals surface area contributed by atoms with E-state index in [2.05, 4.69) is 15.4 Å². The zero-order valence-corrected chi connectivity index (χ0v) is 25.0. The molecule has 224 valence electrons. The SMILES string of the molecule is Cc1nc2n(n1)CCN(C(=O)c1cc3cc(Cl)ccc3[nH]1)CCCC(=O)N1CCCC[C@H]1C(=O)N[C@@H]2Cc1ccccc1. The van der Waals surface area contributed by atoms with E-state index in [-0.39, 0.29) is 24.1 Å². The monoisotopic (exact) mass is 601 g/mol. The maximum atomic E-state index is 13.8. The van der Waals surface area contributed by atoms with E-state index in [0.717, 1.165) is 29.3 Å². The Morgan fingerprint density at radius 2 is 1.84 bits per heavy atom. The number of carbonyl (C=O) groups is 3. The van der Waals surface area contributed by atoms with Gasteiger partial charge in [0, 0.05) is 42.0 Å². The normalized spacial score (nSPS) is 20.3. The predicted octanol–water partition coefficient (Wildman–Crippen LogP) is 4.44. The van der Waals surface area contributed by atoms with E-state index in [4.69, 9.17) is 16.6 Å². The average Bonchev–Trinajstić information content (AvgIpc) is 3.60. The zero-order chi connectivity index (χ0) is 29.9. The lowest BCUT2D eigenvalue weighted by Gasteiger charge is -2.36. The van der Waals surface area contributed by atoms with Crippen molar-refractivity contribution in [3.63, 3.8) is 0 Å². The summed E-state index contributed by atoms with van der Waals surface area (Å²) >= 11 is 6.18. The molecule has 2 aliphatic heterocycles. The highest BCUT2D eigenvalue weighted by Crippen LogP contribution is 2.24. The fraction of sp³-hybridized carbons (Fsp3) is 0.406. The Balaban J connectivity index is 1.34. The van der Waals surface area contributed by atoms with Gasteiger partial charge >= 0.3 is 0 Å². The number of nitrogens with one attached hydrogen (secondary N) is 2. The van der Waals surface area contributed by atoms with Gasteiger partial charge in [-0.2, -0.15) is 5.10 Å². The standard InChI is InChI=1S/C32H36ClN7O3/c1-21-34-30-26(18-22-8-3-2-4-9-22)36-31(42)28-10-5-6-15-39(28)29(41)11-7-14-38(16-17-40(30)37-21)32(43)27-20-23-19-24(33)12-13-25(23)35-27/h2-4,8-9,12-13,19-20,26,28,35H,5-7,10-11,14-18H2,1H3,(H,36,42)/t26-,28+/m1/s1. The third-order valence-electron chi connectivity index (χ3n) is 8.34. The van der Waals surface area contributed by atoms with Gasteiger partial charge in [-0.15, -0.1) is 0 Å². The molecule has 1 fully saturated rings. The van der Waals surface area contributed by atoms with Crippen LogP contribution in [0.25, 0.3) is 10.9 Å². The summed E-state index contributed by atoms with van der Waals surface area (Å²) in [5.41, 5.74) is 2.34. The molecule has 3 amide bonds. The van der Waals surface area contributed by atoms with Crippen LogP contribution in [0.15, 0.2) is 54.6 Å². The fourth-order valence-corrected chi connectivity index (χ4v) is 6.39. The maximum Gasteiger partial charge on any atom is 0.270 e. The van der Waals surface area contributed by atoms with Gasteiger partial charge in [0.25, 0.3) is 5.91 Å². The number of rotatable bonds is 3. The molecule has 2 atom stereocenters. The molecule has 11 heteroatoms. The van der Waals surface area contributed by atoms with Crippen LogP contribution >= 0.6 is 11.6 Å². The van der Waals surface area contributed by atoms with Crippen LogP contribution in [0.3, 0.4) is 0 Å². The summed E-state index contributed by atoms with van der Waals surface area (Å²) in [7, 11) is 0. The molecule has 0 aliphatic carbocycles. The van der Waals surface area contributed by atoms with Gasteiger partial charge in [0.05, 0.1) is 12.6 Å². The van der Waals surface area contributed by atoms with Gasteiger partial charge in [-0.1, -0.05) is 41.9 Å². The van der Waals surface area contributed by atoms with Crippen LogP contribution in [0.2, 0.25) is 5.02 Å². The van der Waals surface area contributed by atoms with Crippen LogP contribution < -0.4 is 5.32 Å². The number of benzene rings is 2. The Labute approximate surface area is 255 Å². The van der Waals surface area contributed by atoms with E-state index in [0.29, 0.717) is 67.8 Å². The summed E-state index contributed by atoms with van der Waals surface area (Å²) in [5.74, 6) is 0.854. The van der Waals surface area contributed by atoms with Gasteiger partial charge < -0.3 is 20.1 Å². The number of nitrogens with zero attached hydrogens (tertiary/aromatic N) is 5. The molecule has 0 saturated carbocycles. The van der Waals surface area contributed by atoms with Crippen LogP contribution in [0.1, 0.15) is 65.8 Å². The van der Waals surface area contributed by atoms with Crippen molar-refractivity contribution in [3.8, 4) is 0 Å². The molecule has 6 rings (SSSR count). The number of H-pyrrole nitrogens is 1. The first-order chi connectivity index (χ1) is 20.9. The zero-order valence-electron chi connectivity index (χ0n) is 24.3. The second kappa shape index (κ2) is 12.6. The second-order valence-corrected chi connectivity index (χ2v) is 11.8. The molecule has 2 aliphatic rings. The first kappa shape index (κ1) is 28.9. The number of carbonyl (C=O) groups excluding carboxylic acids is 3. The first-order valence-corrected chi connectivity index (χ1v) is 15.4. The highest BCUT2D eigenvalue weighted by atomic mass is 35.5. The molecule has 0 unspecified atom stereocenters. The molecule has 10 nitrogen and oxygen atoms in total. The molecule has 43 heavy (non-hydrogen) atoms. The third-order valence-corrected chi connectivity index (χ3v) is 8.58. The number of aromatic amines is 1. The van der Waals surface area contributed by atoms with Crippen molar-refractivity contribution in [1.29, 1.82) is 0 Å². The van der Waals surface area contributed by atoms with Crippen molar-refractivity contribution in [2.75, 3.05) is 19.6 Å². The number of halogens is 1. The lowest BCUT2D eigenvalue weighted by atomic mass is 9.99. The van der Waals surface area contributed by atoms with Gasteiger partial charge in [-0.25, -0.2) is 9.67 Å². The van der Waals surface area contributed by atoms with Crippen LogP contribution in [0.4, 0.5) is 0 Å². The highest BCUT2D eigenvalue weighted by Gasteiger charge is 2.34. The molecule has 0 radical (unpaired) electrons. The molecule has 0 bridgehead atoms. The Kier molecular flexibility index (Phi) is 8.47. The lowest BCUT2D eigenvalue weighted by Crippen LogP contribution is -2.53. The number of fused-ring (bicyclic) bond motifs is 3. The van der Waals surface area contributed by atoms with Crippen molar-refractivity contribution >= 4 is 40.2 Å². The number of aromatic nitrogens is 4. The first-order valence-electron chi connectivity index (χ1n) is 15.0. The van der Waals surface area contributed by atoms with Crippen LogP contribution in [-0.2, 0) is 22.6 Å². The third kappa shape index (κ3) is 6.44. The number of aryl methyl sites for hydroxylation is 1. The minimum Gasteiger partial charge on any atom is -0.351 e. The van der Waals surface area contributed by atoms with Crippen molar-refractivity contribution in [2.45, 2.75) is 64.1 Å². The van der Waals surface area contributed by atoms with E-state index >= 15 is 0 Å². The van der Waals surface area contributed by atoms with E-state index in [1.165, 1.54) is 0 Å². The summed E-state index contributed by atoms with van der Waals surface area (Å²) in [6.07, 6.45) is 3.64. The van der Waals surface area contributed by atoms with Gasteiger partial charge in [-0.05, 0) is 68.9 Å². The lowest BCUT2D eigenvalue weighted by molar-refractivity contribution is -0.142. The van der Waals surface area contributed by atoms with E-state index < -0.39 is 12.1 Å². The summed E-state index contributed by atoms with van der Waals surface area (Å²) in [4.78, 5) is 52.5. The maximum absolute atomic E-state index is 13.8. The number of hydrogen-bond acceptors (Lipinski definition) is 5. The summed E-state index contributed by atoms with van der Waals surface area (Å²) in [5, 5.41) is 9.37. The number of amides is 3. The van der Waals surface area contributed by atoms with Crippen molar-refractivity contribution in [1.82, 2.24) is 34.9 Å². The molecule has 0 spiro atoms. The summed E-state index contributed by atoms with van der Waals surface area (Å²) < 4.78 is 1.81. The highest BCUT2D eigenvalue weighted by molar-refractivity contribution is 6.31. The smallest absolute Gasteiger partial charge is 0.270 e. The van der Waals surface area contributed by atoms with Crippen molar-refractivity contribution < 1.29 is 14.4 Å². The minimum atomic E-state index is -0.532. The fourth-order valence-electron chi connectivity index (χ4n) is 6.21. The van der Waals surface area contributed by atoms with Crippen molar-refractivity contribution in [3.05, 3.63) is 82.5 Å². The van der Waals surface area contributed by atoms with Crippen molar-refractivity contribution in [2.24, 2.45) is 0 Å². The topological polar surface area (TPSA) is 116 Å². The van der Waals surface area contributed by atoms with Gasteiger partial charge in [0.15, 0.2) is 0 Å². The Bertz CT molecular complexity index is 1630. The van der Waals surface area contributed by atoms with Crippen LogP contribution in [-0.4, -0.2) is 72.9 Å². The van der Waals surface area contributed by atoms with Gasteiger partial charge in [-0.3, -0.25) is 14.4 Å². The van der Waals surface area contributed by atoms with Gasteiger partial charge in [0.1, 0.15) is 23.4 Å². The second-order valence-electron chi connectivity index (χ2n) is 11.4. The molecule has 2 aromatic heterocycles. The average molecular weight is 602 g/mol. The molecule has 4 aromatic rings. The predicted molar refractivity (Wildman–Crippen MR) is 164 cm³/mol. The number of piperidine rings is 1. The Morgan fingerprint density at radius 1 is 1.00 bits per heavy atom. The summed E-state index contributed by atoms with van der Waals surface area (Å²) in [6.45, 7) is 3.52. The molecule has 4 heterocycles. The van der Waals surface area contributed by atoms with E-state index in [1.807, 2.05) is 60.1 Å². The van der Waals surface area contributed by atoms with E-state index in [9.17, 15) is 14.4 Å². The van der Waals surface area contributed by atoms with Gasteiger partial charge in [0.2, 0.25) is 11.8 Å². The van der Waals surface area contributed by atoms with E-state index in [1.54, 1.807) is 15.9 Å².